The number of aliphatic hydroxyl groups is 1. The molecule has 0 unspecified atom stereocenters. The summed E-state index contributed by atoms with van der Waals surface area (Å²) in [5.74, 6) is -0.140. The van der Waals surface area contributed by atoms with E-state index in [0.29, 0.717) is 60.2 Å². The second-order valence-electron chi connectivity index (χ2n) is 12.9. The average Bonchev–Trinajstić information content (AvgIpc) is 3.13. The molecular weight excluding hydrogens is 646 g/mol. The lowest BCUT2D eigenvalue weighted by Crippen LogP contribution is -2.39. The third-order valence-corrected chi connectivity index (χ3v) is 9.26. The Balaban J connectivity index is 0.926. The van der Waals surface area contributed by atoms with Crippen LogP contribution in [0, 0.1) is 6.92 Å². The van der Waals surface area contributed by atoms with Gasteiger partial charge in [-0.25, -0.2) is 4.79 Å². The number of aryl methyl sites for hydroxylation is 1. The zero-order valence-electron chi connectivity index (χ0n) is 28.5. The van der Waals surface area contributed by atoms with Crippen molar-refractivity contribution in [3.63, 3.8) is 0 Å². The van der Waals surface area contributed by atoms with E-state index < -0.39 is 12.2 Å². The molecule has 6 N–H and O–H groups in total. The fraction of sp³-hybridized carbons (Fsp3) is 0.275. The molecule has 6 rings (SSSR count). The quantitative estimate of drug-likeness (QED) is 0.0922. The van der Waals surface area contributed by atoms with Gasteiger partial charge < -0.3 is 35.5 Å². The molecule has 264 valence electrons. The van der Waals surface area contributed by atoms with E-state index in [2.05, 4.69) is 25.8 Å². The number of carbonyl (C=O) groups is 2. The van der Waals surface area contributed by atoms with Crippen LogP contribution in [0.2, 0.25) is 0 Å². The molecule has 1 aliphatic heterocycles. The van der Waals surface area contributed by atoms with Crippen LogP contribution < -0.4 is 21.5 Å². The van der Waals surface area contributed by atoms with Gasteiger partial charge in [-0.05, 0) is 72.4 Å². The van der Waals surface area contributed by atoms with Gasteiger partial charge in [-0.3, -0.25) is 14.9 Å². The standard InChI is InChI=1S/C40H43N5O6/c1-26-11-12-29(23-28(26)24-41-25-36(47)32-13-15-35(46)39-33(32)14-16-37(48)44-39)42-38(49)19-22-45-20-17-30(18-21-45)51-40(50)43-34-10-6-5-9-31(34)27-7-3-2-4-8-27/h2-16,23,30,36,41,46-47H,17-22,24-25H2,1H3,(H,42,49)(H,43,50)(H,44,48)/t36-/m0/s1. The zero-order valence-corrected chi connectivity index (χ0v) is 28.5. The second-order valence-corrected chi connectivity index (χ2v) is 12.9. The predicted molar refractivity (Wildman–Crippen MR) is 199 cm³/mol. The Morgan fingerprint density at radius 3 is 2.51 bits per heavy atom. The van der Waals surface area contributed by atoms with Crippen molar-refractivity contribution in [2.24, 2.45) is 0 Å². The van der Waals surface area contributed by atoms with Crippen molar-refractivity contribution in [2.75, 3.05) is 36.8 Å². The summed E-state index contributed by atoms with van der Waals surface area (Å²) < 4.78 is 5.75. The largest absolute Gasteiger partial charge is 0.506 e. The summed E-state index contributed by atoms with van der Waals surface area (Å²) >= 11 is 0. The molecule has 51 heavy (non-hydrogen) atoms. The number of H-pyrrole nitrogens is 1. The van der Waals surface area contributed by atoms with Gasteiger partial charge in [0, 0.05) is 61.8 Å². The number of hydrogen-bond acceptors (Lipinski definition) is 8. The summed E-state index contributed by atoms with van der Waals surface area (Å²) in [4.78, 5) is 42.2. The smallest absolute Gasteiger partial charge is 0.411 e. The molecule has 1 fully saturated rings. The van der Waals surface area contributed by atoms with Gasteiger partial charge in [0.15, 0.2) is 0 Å². The van der Waals surface area contributed by atoms with E-state index in [0.717, 1.165) is 35.3 Å². The summed E-state index contributed by atoms with van der Waals surface area (Å²) in [5.41, 5.74) is 5.91. The van der Waals surface area contributed by atoms with Crippen LogP contribution in [0.5, 0.6) is 5.75 Å². The predicted octanol–water partition coefficient (Wildman–Crippen LogP) is 6.07. The Kier molecular flexibility index (Phi) is 11.4. The minimum absolute atomic E-state index is 0.0565. The number of hydrogen-bond donors (Lipinski definition) is 6. The molecule has 0 radical (unpaired) electrons. The topological polar surface area (TPSA) is 156 Å². The Morgan fingerprint density at radius 2 is 1.71 bits per heavy atom. The van der Waals surface area contributed by atoms with Crippen LogP contribution >= 0.6 is 0 Å². The molecule has 4 aromatic carbocycles. The van der Waals surface area contributed by atoms with Gasteiger partial charge in [0.2, 0.25) is 11.5 Å². The molecule has 0 aliphatic carbocycles. The fourth-order valence-corrected chi connectivity index (χ4v) is 6.43. The number of carbonyl (C=O) groups excluding carboxylic acids is 2. The number of aromatic hydroxyl groups is 1. The number of piperidine rings is 1. The SMILES string of the molecule is Cc1ccc(NC(=O)CCN2CCC(OC(=O)Nc3ccccc3-c3ccccc3)CC2)cc1CNC[C@H](O)c1ccc(O)c2[nH]c(=O)ccc12. The molecule has 1 saturated heterocycles. The van der Waals surface area contributed by atoms with Gasteiger partial charge in [-0.15, -0.1) is 0 Å². The Morgan fingerprint density at radius 1 is 0.941 bits per heavy atom. The maximum absolute atomic E-state index is 12.9. The molecule has 1 aromatic heterocycles. The number of nitrogens with one attached hydrogen (secondary N) is 4. The van der Waals surface area contributed by atoms with Crippen molar-refractivity contribution >= 4 is 34.3 Å². The number of anilines is 2. The van der Waals surface area contributed by atoms with Crippen molar-refractivity contribution in [1.82, 2.24) is 15.2 Å². The van der Waals surface area contributed by atoms with E-state index >= 15 is 0 Å². The third-order valence-electron chi connectivity index (χ3n) is 9.26. The number of ether oxygens (including phenoxy) is 1. The van der Waals surface area contributed by atoms with Crippen LogP contribution in [0.3, 0.4) is 0 Å². The second kappa shape index (κ2) is 16.5. The Bertz CT molecular complexity index is 2040. The number of benzene rings is 4. The number of amides is 2. The number of aliphatic hydroxyl groups excluding tert-OH is 1. The van der Waals surface area contributed by atoms with Gasteiger partial charge in [-0.1, -0.05) is 60.7 Å². The highest BCUT2D eigenvalue weighted by Crippen LogP contribution is 2.30. The van der Waals surface area contributed by atoms with E-state index in [4.69, 9.17) is 4.74 Å². The van der Waals surface area contributed by atoms with E-state index in [-0.39, 0.29) is 29.9 Å². The van der Waals surface area contributed by atoms with Crippen molar-refractivity contribution in [1.29, 1.82) is 0 Å². The Labute approximate surface area is 296 Å². The van der Waals surface area contributed by atoms with Crippen LogP contribution in [-0.2, 0) is 16.1 Å². The van der Waals surface area contributed by atoms with Gasteiger partial charge in [0.05, 0.1) is 17.3 Å². The first-order valence-electron chi connectivity index (χ1n) is 17.2. The molecule has 1 atom stereocenters. The first-order chi connectivity index (χ1) is 24.7. The van der Waals surface area contributed by atoms with E-state index in [1.807, 2.05) is 79.7 Å². The minimum atomic E-state index is -0.876. The molecular formula is C40H43N5O6. The highest BCUT2D eigenvalue weighted by Gasteiger charge is 2.23. The summed E-state index contributed by atoms with van der Waals surface area (Å²) in [7, 11) is 0. The molecule has 0 spiro atoms. The molecule has 5 aromatic rings. The number of likely N-dealkylation sites (tertiary alicyclic amines) is 1. The average molecular weight is 690 g/mol. The highest BCUT2D eigenvalue weighted by molar-refractivity contribution is 5.92. The lowest BCUT2D eigenvalue weighted by Gasteiger charge is -2.31. The van der Waals surface area contributed by atoms with Crippen molar-refractivity contribution < 1.29 is 24.5 Å². The van der Waals surface area contributed by atoms with Crippen molar-refractivity contribution in [3.05, 3.63) is 124 Å². The number of aromatic nitrogens is 1. The first-order valence-corrected chi connectivity index (χ1v) is 17.2. The molecule has 0 bridgehead atoms. The van der Waals surface area contributed by atoms with Crippen LogP contribution in [0.4, 0.5) is 16.2 Å². The summed E-state index contributed by atoms with van der Waals surface area (Å²) in [5, 5.41) is 30.8. The van der Waals surface area contributed by atoms with Crippen molar-refractivity contribution in [2.45, 2.75) is 44.9 Å². The normalized spacial score (nSPS) is 14.2. The molecule has 2 amide bonds. The third kappa shape index (κ3) is 9.20. The number of rotatable bonds is 12. The maximum Gasteiger partial charge on any atom is 0.411 e. The molecule has 1 aliphatic rings. The van der Waals surface area contributed by atoms with Crippen LogP contribution in [-0.4, -0.2) is 64.4 Å². The number of nitrogens with zero attached hydrogens (tertiary/aromatic N) is 1. The monoisotopic (exact) mass is 689 g/mol. The number of aromatic amines is 1. The first kappa shape index (κ1) is 35.3. The van der Waals surface area contributed by atoms with E-state index in [9.17, 15) is 24.6 Å². The molecule has 11 heteroatoms. The lowest BCUT2D eigenvalue weighted by molar-refractivity contribution is -0.116. The van der Waals surface area contributed by atoms with Gasteiger partial charge in [0.25, 0.3) is 0 Å². The zero-order chi connectivity index (χ0) is 35.7. The number of phenols is 1. The lowest BCUT2D eigenvalue weighted by atomic mass is 10.0. The highest BCUT2D eigenvalue weighted by atomic mass is 16.6. The van der Waals surface area contributed by atoms with Gasteiger partial charge in [-0.2, -0.15) is 0 Å². The van der Waals surface area contributed by atoms with E-state index in [1.54, 1.807) is 12.1 Å². The summed E-state index contributed by atoms with van der Waals surface area (Å²) in [6, 6.07) is 29.4. The van der Waals surface area contributed by atoms with Crippen molar-refractivity contribution in [3.8, 4) is 16.9 Å². The minimum Gasteiger partial charge on any atom is -0.506 e. The van der Waals surface area contributed by atoms with Gasteiger partial charge >= 0.3 is 6.09 Å². The number of fused-ring (bicyclic) bond motifs is 1. The van der Waals surface area contributed by atoms with Crippen LogP contribution in [0.15, 0.2) is 102 Å². The molecule has 11 nitrogen and oxygen atoms in total. The number of phenolic OH excluding ortho intramolecular Hbond substituents is 1. The molecule has 0 saturated carbocycles. The summed E-state index contributed by atoms with van der Waals surface area (Å²) in [6.07, 6.45) is 0.192. The number of para-hydroxylation sites is 1. The Hall–Kier alpha value is -5.49. The van der Waals surface area contributed by atoms with Crippen LogP contribution in [0.1, 0.15) is 42.1 Å². The van der Waals surface area contributed by atoms with Crippen LogP contribution in [0.25, 0.3) is 22.0 Å². The van der Waals surface area contributed by atoms with E-state index in [1.165, 1.54) is 12.1 Å². The maximum atomic E-state index is 12.9. The molecule has 2 heterocycles. The van der Waals surface area contributed by atoms with Gasteiger partial charge in [0.1, 0.15) is 11.9 Å². The fourth-order valence-electron chi connectivity index (χ4n) is 6.43. The number of pyridine rings is 1. The summed E-state index contributed by atoms with van der Waals surface area (Å²) in [6.45, 7) is 4.76.